The van der Waals surface area contributed by atoms with Crippen molar-refractivity contribution in [3.8, 4) is 0 Å². The standard InChI is InChI=1S/C26H33IN6O/c34-24(17-19-9-13-28-14-10-19)30-25-22-7-8-23(32-15-1-2-16-32)29-26(22)33(31-25)18-20-3-5-21(6-4-20)27-11-12-27/h3-8,19,28H,1-2,9-18H2,(H,30,31,34). The van der Waals surface area contributed by atoms with E-state index in [1.165, 1.54) is 27.3 Å². The summed E-state index contributed by atoms with van der Waals surface area (Å²) >= 11 is -0.734. The Morgan fingerprint density at radius 3 is 2.56 bits per heavy atom. The minimum atomic E-state index is -0.734. The monoisotopic (exact) mass is 572 g/mol. The molecule has 3 saturated heterocycles. The summed E-state index contributed by atoms with van der Waals surface area (Å²) in [7, 11) is 0. The van der Waals surface area contributed by atoms with Crippen LogP contribution in [0.25, 0.3) is 11.0 Å². The first kappa shape index (κ1) is 22.3. The second-order valence-electron chi connectivity index (χ2n) is 9.65. The first-order valence-corrected chi connectivity index (χ1v) is 16.7. The Labute approximate surface area is 208 Å². The molecule has 0 unspecified atom stereocenters. The molecule has 180 valence electrons. The first-order valence-electron chi connectivity index (χ1n) is 12.6. The second-order valence-corrected chi connectivity index (χ2v) is 15.7. The number of hydrogen-bond donors (Lipinski definition) is 2. The van der Waals surface area contributed by atoms with Crippen LogP contribution in [-0.4, -0.2) is 55.7 Å². The molecule has 8 heteroatoms. The molecular formula is C26H33IN6O. The predicted octanol–water partition coefficient (Wildman–Crippen LogP) is 4.10. The van der Waals surface area contributed by atoms with E-state index in [-0.39, 0.29) is 5.91 Å². The van der Waals surface area contributed by atoms with Crippen molar-refractivity contribution < 1.29 is 4.79 Å². The van der Waals surface area contributed by atoms with Crippen LogP contribution in [0.5, 0.6) is 0 Å². The zero-order chi connectivity index (χ0) is 22.9. The molecule has 3 aliphatic rings. The Morgan fingerprint density at radius 2 is 1.82 bits per heavy atom. The van der Waals surface area contributed by atoms with E-state index in [0.29, 0.717) is 24.7 Å². The van der Waals surface area contributed by atoms with Gasteiger partial charge in [-0.3, -0.25) is 0 Å². The quantitative estimate of drug-likeness (QED) is 0.330. The SMILES string of the molecule is O=C(CC1CCNCC1)Nc1nn(Cc2ccc(I3CC3)cc2)c2nc(N3CCCC3)ccc12. The average molecular weight is 572 g/mol. The summed E-state index contributed by atoms with van der Waals surface area (Å²) < 4.78 is 6.51. The van der Waals surface area contributed by atoms with Gasteiger partial charge in [0.1, 0.15) is 0 Å². The molecule has 0 spiro atoms. The zero-order valence-electron chi connectivity index (χ0n) is 19.6. The zero-order valence-corrected chi connectivity index (χ0v) is 21.8. The summed E-state index contributed by atoms with van der Waals surface area (Å²) in [6.07, 6.45) is 5.11. The maximum atomic E-state index is 12.9. The first-order chi connectivity index (χ1) is 16.7. The summed E-state index contributed by atoms with van der Waals surface area (Å²) in [5, 5.41) is 12.3. The molecule has 3 aromatic rings. The van der Waals surface area contributed by atoms with Crippen LogP contribution in [0, 0.1) is 9.49 Å². The molecule has 3 aliphatic heterocycles. The summed E-state index contributed by atoms with van der Waals surface area (Å²) in [5.74, 6) is 2.15. The van der Waals surface area contributed by atoms with Crippen molar-refractivity contribution in [3.63, 3.8) is 0 Å². The third-order valence-electron chi connectivity index (χ3n) is 7.13. The van der Waals surface area contributed by atoms with Crippen LogP contribution in [-0.2, 0) is 11.3 Å². The number of pyridine rings is 1. The second kappa shape index (κ2) is 9.81. The Balaban J connectivity index is 1.27. The molecule has 0 atom stereocenters. The molecule has 1 amide bonds. The number of halogens is 1. The Hall–Kier alpha value is -2.20. The van der Waals surface area contributed by atoms with Crippen LogP contribution in [0.3, 0.4) is 0 Å². The van der Waals surface area contributed by atoms with Crippen molar-refractivity contribution in [1.82, 2.24) is 20.1 Å². The Bertz CT molecular complexity index is 1160. The minimum absolute atomic E-state index is 0.0569. The maximum absolute atomic E-state index is 12.9. The van der Waals surface area contributed by atoms with Crippen LogP contribution >= 0.6 is 19.8 Å². The van der Waals surface area contributed by atoms with Crippen molar-refractivity contribution >= 4 is 48.4 Å². The van der Waals surface area contributed by atoms with Gasteiger partial charge >= 0.3 is 177 Å². The molecule has 5 heterocycles. The van der Waals surface area contributed by atoms with E-state index in [9.17, 15) is 4.79 Å². The van der Waals surface area contributed by atoms with Gasteiger partial charge < -0.3 is 5.32 Å². The van der Waals surface area contributed by atoms with Crippen LogP contribution in [0.2, 0.25) is 0 Å². The average Bonchev–Trinajstić information content (AvgIpc) is 3.46. The third-order valence-corrected chi connectivity index (χ3v) is 11.8. The van der Waals surface area contributed by atoms with Gasteiger partial charge in [0.2, 0.25) is 0 Å². The van der Waals surface area contributed by atoms with Crippen molar-refractivity contribution in [3.05, 3.63) is 45.5 Å². The van der Waals surface area contributed by atoms with Crippen LogP contribution in [0.1, 0.15) is 37.7 Å². The van der Waals surface area contributed by atoms with Crippen LogP contribution < -0.4 is 15.5 Å². The molecule has 0 bridgehead atoms. The predicted molar refractivity (Wildman–Crippen MR) is 146 cm³/mol. The van der Waals surface area contributed by atoms with Crippen LogP contribution in [0.4, 0.5) is 11.6 Å². The molecule has 2 N–H and O–H groups in total. The number of carbonyl (C=O) groups excluding carboxylic acids is 1. The van der Waals surface area contributed by atoms with E-state index >= 15 is 0 Å². The van der Waals surface area contributed by atoms with Crippen molar-refractivity contribution in [1.29, 1.82) is 0 Å². The van der Waals surface area contributed by atoms with E-state index < -0.39 is 19.8 Å². The van der Waals surface area contributed by atoms with Gasteiger partial charge in [0.25, 0.3) is 0 Å². The molecule has 2 aromatic heterocycles. The Kier molecular flexibility index (Phi) is 6.43. The molecule has 0 radical (unpaired) electrons. The van der Waals surface area contributed by atoms with Gasteiger partial charge in [0.15, 0.2) is 0 Å². The normalized spacial score (nSPS) is 19.6. The number of piperidine rings is 1. The number of carbonyl (C=O) groups is 1. The number of nitrogens with one attached hydrogen (secondary N) is 2. The topological polar surface area (TPSA) is 75.1 Å². The van der Waals surface area contributed by atoms with E-state index in [1.54, 1.807) is 3.57 Å². The molecule has 1 aromatic carbocycles. The number of aromatic nitrogens is 3. The van der Waals surface area contributed by atoms with Crippen molar-refractivity contribution in [2.24, 2.45) is 5.92 Å². The van der Waals surface area contributed by atoms with Gasteiger partial charge in [0, 0.05) is 0 Å². The van der Waals surface area contributed by atoms with Crippen molar-refractivity contribution in [2.45, 2.75) is 38.6 Å². The number of amides is 1. The molecule has 3 fully saturated rings. The fourth-order valence-electron chi connectivity index (χ4n) is 5.09. The van der Waals surface area contributed by atoms with Gasteiger partial charge in [0.05, 0.1) is 0 Å². The molecule has 34 heavy (non-hydrogen) atoms. The van der Waals surface area contributed by atoms with Crippen molar-refractivity contribution in [2.75, 3.05) is 45.3 Å². The van der Waals surface area contributed by atoms with Crippen LogP contribution in [0.15, 0.2) is 36.4 Å². The molecule has 0 aliphatic carbocycles. The van der Waals surface area contributed by atoms with E-state index in [4.69, 9.17) is 10.1 Å². The number of hydrogen-bond acceptors (Lipinski definition) is 5. The summed E-state index contributed by atoms with van der Waals surface area (Å²) in [6, 6.07) is 13.3. The van der Waals surface area contributed by atoms with Gasteiger partial charge in [-0.1, -0.05) is 0 Å². The number of anilines is 2. The van der Waals surface area contributed by atoms with E-state index in [0.717, 1.165) is 55.9 Å². The molecule has 6 rings (SSSR count). The van der Waals surface area contributed by atoms with Gasteiger partial charge in [-0.2, -0.15) is 0 Å². The van der Waals surface area contributed by atoms with E-state index in [1.807, 2.05) is 4.68 Å². The number of nitrogens with zero attached hydrogens (tertiary/aromatic N) is 4. The number of benzene rings is 1. The fraction of sp³-hybridized carbons (Fsp3) is 0.500. The summed E-state index contributed by atoms with van der Waals surface area (Å²) in [5.41, 5.74) is 2.08. The summed E-state index contributed by atoms with van der Waals surface area (Å²) in [6.45, 7) is 4.77. The van der Waals surface area contributed by atoms with Gasteiger partial charge in [-0.05, 0) is 25.9 Å². The van der Waals surface area contributed by atoms with Gasteiger partial charge in [-0.15, -0.1) is 0 Å². The molecular weight excluding hydrogens is 539 g/mol. The molecule has 7 nitrogen and oxygen atoms in total. The third kappa shape index (κ3) is 4.93. The summed E-state index contributed by atoms with van der Waals surface area (Å²) in [4.78, 5) is 20.2. The van der Waals surface area contributed by atoms with Gasteiger partial charge in [-0.25, -0.2) is 0 Å². The Morgan fingerprint density at radius 1 is 1.06 bits per heavy atom. The molecule has 0 saturated carbocycles. The number of alkyl halides is 2. The van der Waals surface area contributed by atoms with E-state index in [2.05, 4.69) is 51.9 Å². The number of fused-ring (bicyclic) bond motifs is 1. The number of rotatable bonds is 7. The fourth-order valence-corrected chi connectivity index (χ4v) is 9.29.